The first kappa shape index (κ1) is 17.3. The van der Waals surface area contributed by atoms with Gasteiger partial charge in [0.2, 0.25) is 0 Å². The van der Waals surface area contributed by atoms with Crippen molar-refractivity contribution in [2.45, 2.75) is 6.42 Å². The number of ketones is 1. The molecule has 0 unspecified atom stereocenters. The van der Waals surface area contributed by atoms with Gasteiger partial charge < -0.3 is 4.74 Å². The lowest BCUT2D eigenvalue weighted by Gasteiger charge is -2.28. The van der Waals surface area contributed by atoms with Crippen molar-refractivity contribution in [2.24, 2.45) is 0 Å². The molecule has 0 saturated heterocycles. The standard InChI is InChI=1S/C17H12ClF2NO4/c1-24-12-5-3-4-10(19)15(12)14-9(18)6-8-11(22)7-13(23)21(25-2)17(8)16(14)20/h3-6H,7H2,1-2H3. The maximum atomic E-state index is 15.2. The highest BCUT2D eigenvalue weighted by molar-refractivity contribution is 6.34. The number of hydrogen-bond donors (Lipinski definition) is 0. The molecule has 1 aliphatic rings. The molecule has 0 spiro atoms. The number of methoxy groups -OCH3 is 1. The summed E-state index contributed by atoms with van der Waals surface area (Å²) < 4.78 is 34.7. The molecule has 0 N–H and O–H groups in total. The van der Waals surface area contributed by atoms with Crippen molar-refractivity contribution in [1.82, 2.24) is 0 Å². The average Bonchev–Trinajstić information content (AvgIpc) is 2.57. The predicted octanol–water partition coefficient (Wildman–Crippen LogP) is 3.77. The summed E-state index contributed by atoms with van der Waals surface area (Å²) in [5.41, 5.74) is -1.03. The normalized spacial score (nSPS) is 13.9. The molecule has 2 aromatic carbocycles. The number of nitrogens with zero attached hydrogens (tertiary/aromatic N) is 1. The third-order valence-electron chi connectivity index (χ3n) is 3.86. The van der Waals surface area contributed by atoms with Gasteiger partial charge in [0.05, 0.1) is 31.2 Å². The minimum atomic E-state index is -1.05. The Hall–Kier alpha value is -2.51. The fourth-order valence-corrected chi connectivity index (χ4v) is 3.07. The van der Waals surface area contributed by atoms with Gasteiger partial charge in [0, 0.05) is 11.1 Å². The number of halogens is 3. The zero-order valence-electron chi connectivity index (χ0n) is 13.2. The highest BCUT2D eigenvalue weighted by Gasteiger charge is 2.36. The Morgan fingerprint density at radius 1 is 1.16 bits per heavy atom. The summed E-state index contributed by atoms with van der Waals surface area (Å²) in [7, 11) is 2.46. The van der Waals surface area contributed by atoms with Gasteiger partial charge in [-0.15, -0.1) is 0 Å². The monoisotopic (exact) mass is 367 g/mol. The first-order valence-electron chi connectivity index (χ1n) is 7.15. The van der Waals surface area contributed by atoms with Crippen molar-refractivity contribution in [3.05, 3.63) is 46.5 Å². The highest BCUT2D eigenvalue weighted by Crippen LogP contribution is 2.44. The Morgan fingerprint density at radius 2 is 1.88 bits per heavy atom. The molecule has 3 rings (SSSR count). The van der Waals surface area contributed by atoms with Gasteiger partial charge in [0.1, 0.15) is 17.3 Å². The van der Waals surface area contributed by atoms with Crippen LogP contribution in [0.15, 0.2) is 24.3 Å². The van der Waals surface area contributed by atoms with Crippen LogP contribution in [0.2, 0.25) is 5.02 Å². The summed E-state index contributed by atoms with van der Waals surface area (Å²) in [5, 5.41) is 0.484. The largest absolute Gasteiger partial charge is 0.496 e. The van der Waals surface area contributed by atoms with Crippen LogP contribution in [0.4, 0.5) is 14.5 Å². The fraction of sp³-hybridized carbons (Fsp3) is 0.176. The van der Waals surface area contributed by atoms with Gasteiger partial charge in [0.15, 0.2) is 11.6 Å². The lowest BCUT2D eigenvalue weighted by molar-refractivity contribution is -0.124. The number of ether oxygens (including phenoxy) is 1. The molecule has 2 aromatic rings. The average molecular weight is 368 g/mol. The quantitative estimate of drug-likeness (QED) is 0.775. The minimum Gasteiger partial charge on any atom is -0.496 e. The van der Waals surface area contributed by atoms with Gasteiger partial charge >= 0.3 is 0 Å². The van der Waals surface area contributed by atoms with E-state index in [0.29, 0.717) is 5.06 Å². The first-order chi connectivity index (χ1) is 11.9. The maximum Gasteiger partial charge on any atom is 0.258 e. The van der Waals surface area contributed by atoms with Crippen molar-refractivity contribution in [3.63, 3.8) is 0 Å². The van der Waals surface area contributed by atoms with E-state index in [9.17, 15) is 14.0 Å². The van der Waals surface area contributed by atoms with E-state index in [0.717, 1.165) is 13.2 Å². The summed E-state index contributed by atoms with van der Waals surface area (Å²) in [6.07, 6.45) is -0.473. The van der Waals surface area contributed by atoms with Crippen LogP contribution in [-0.4, -0.2) is 25.9 Å². The number of benzene rings is 2. The van der Waals surface area contributed by atoms with Crippen LogP contribution >= 0.6 is 11.6 Å². The van der Waals surface area contributed by atoms with Crippen molar-refractivity contribution in [1.29, 1.82) is 0 Å². The molecule has 8 heteroatoms. The zero-order valence-corrected chi connectivity index (χ0v) is 14.0. The van der Waals surface area contributed by atoms with Crippen molar-refractivity contribution >= 4 is 29.0 Å². The third kappa shape index (κ3) is 2.65. The van der Waals surface area contributed by atoms with E-state index < -0.39 is 35.4 Å². The van der Waals surface area contributed by atoms with Crippen LogP contribution in [0.3, 0.4) is 0 Å². The van der Waals surface area contributed by atoms with E-state index in [1.54, 1.807) is 0 Å². The molecular weight excluding hydrogens is 356 g/mol. The Morgan fingerprint density at radius 3 is 2.52 bits per heavy atom. The lowest BCUT2D eigenvalue weighted by atomic mass is 9.94. The first-order valence-corrected chi connectivity index (χ1v) is 7.53. The Kier molecular flexibility index (Phi) is 4.45. The maximum absolute atomic E-state index is 15.2. The van der Waals surface area contributed by atoms with Crippen molar-refractivity contribution in [3.8, 4) is 16.9 Å². The second-order valence-corrected chi connectivity index (χ2v) is 5.64. The summed E-state index contributed by atoms with van der Waals surface area (Å²) in [6, 6.07) is 5.16. The number of rotatable bonds is 3. The van der Waals surface area contributed by atoms with E-state index >= 15 is 4.39 Å². The van der Waals surface area contributed by atoms with Crippen LogP contribution in [0.5, 0.6) is 5.75 Å². The Bertz CT molecular complexity index is 901. The molecule has 0 radical (unpaired) electrons. The van der Waals surface area contributed by atoms with Crippen LogP contribution in [0.1, 0.15) is 16.8 Å². The van der Waals surface area contributed by atoms with Gasteiger partial charge in [-0.05, 0) is 18.2 Å². The molecule has 1 heterocycles. The number of anilines is 1. The smallest absolute Gasteiger partial charge is 0.258 e. The molecule has 0 aliphatic carbocycles. The molecule has 25 heavy (non-hydrogen) atoms. The van der Waals surface area contributed by atoms with Gasteiger partial charge in [0.25, 0.3) is 5.91 Å². The van der Waals surface area contributed by atoms with E-state index in [1.807, 2.05) is 0 Å². The second kappa shape index (κ2) is 6.42. The van der Waals surface area contributed by atoms with Crippen LogP contribution in [0.25, 0.3) is 11.1 Å². The van der Waals surface area contributed by atoms with Gasteiger partial charge in [-0.2, -0.15) is 5.06 Å². The number of Topliss-reactive ketones (excluding diaryl/α,β-unsaturated/α-hetero) is 1. The summed E-state index contributed by atoms with van der Waals surface area (Å²) in [6.45, 7) is 0. The summed E-state index contributed by atoms with van der Waals surface area (Å²) >= 11 is 6.14. The number of amides is 1. The summed E-state index contributed by atoms with van der Waals surface area (Å²) in [4.78, 5) is 28.9. The number of carbonyl (C=O) groups excluding carboxylic acids is 2. The van der Waals surface area contributed by atoms with Crippen LogP contribution < -0.4 is 9.80 Å². The number of hydrogen-bond acceptors (Lipinski definition) is 4. The number of hydroxylamine groups is 1. The molecule has 130 valence electrons. The predicted molar refractivity (Wildman–Crippen MR) is 86.8 cm³/mol. The Labute approximate surface area is 146 Å². The Balaban J connectivity index is 2.37. The summed E-state index contributed by atoms with van der Waals surface area (Å²) in [5.74, 6) is -3.08. The highest BCUT2D eigenvalue weighted by atomic mass is 35.5. The number of carbonyl (C=O) groups is 2. The van der Waals surface area contributed by atoms with E-state index in [4.69, 9.17) is 21.2 Å². The molecule has 1 aliphatic heterocycles. The number of fused-ring (bicyclic) bond motifs is 1. The zero-order chi connectivity index (χ0) is 18.3. The molecular formula is C17H12ClF2NO4. The van der Waals surface area contributed by atoms with Crippen LogP contribution in [-0.2, 0) is 9.63 Å². The van der Waals surface area contributed by atoms with Crippen molar-refractivity contribution < 1.29 is 27.9 Å². The topological polar surface area (TPSA) is 55.8 Å². The van der Waals surface area contributed by atoms with E-state index in [2.05, 4.69) is 0 Å². The van der Waals surface area contributed by atoms with Crippen molar-refractivity contribution in [2.75, 3.05) is 19.3 Å². The molecule has 5 nitrogen and oxygen atoms in total. The van der Waals surface area contributed by atoms with Crippen LogP contribution in [0, 0.1) is 11.6 Å². The SMILES string of the molecule is COc1cccc(F)c1-c1c(Cl)cc2c(c1F)N(OC)C(=O)CC2=O. The molecule has 0 bridgehead atoms. The second-order valence-electron chi connectivity index (χ2n) is 5.23. The van der Waals surface area contributed by atoms with E-state index in [1.165, 1.54) is 25.3 Å². The lowest BCUT2D eigenvalue weighted by Crippen LogP contribution is -2.37. The van der Waals surface area contributed by atoms with Gasteiger partial charge in [-0.3, -0.25) is 14.4 Å². The molecule has 0 aromatic heterocycles. The van der Waals surface area contributed by atoms with Gasteiger partial charge in [-0.25, -0.2) is 8.78 Å². The fourth-order valence-electron chi connectivity index (χ4n) is 2.79. The van der Waals surface area contributed by atoms with Gasteiger partial charge in [-0.1, -0.05) is 17.7 Å². The third-order valence-corrected chi connectivity index (χ3v) is 4.16. The minimum absolute atomic E-state index is 0.0539. The molecule has 0 fully saturated rings. The molecule has 0 saturated carbocycles. The molecule has 0 atom stereocenters. The molecule has 1 amide bonds. The van der Waals surface area contributed by atoms with E-state index in [-0.39, 0.29) is 27.5 Å².